The van der Waals surface area contributed by atoms with Crippen molar-refractivity contribution in [3.8, 4) is 11.1 Å². The molecule has 142 valence electrons. The summed E-state index contributed by atoms with van der Waals surface area (Å²) in [5.74, 6) is -0.121. The lowest BCUT2D eigenvalue weighted by Crippen LogP contribution is -2.37. The number of benzene rings is 2. The fourth-order valence-corrected chi connectivity index (χ4v) is 3.27. The largest absolute Gasteiger partial charge is 0.350 e. The first kappa shape index (κ1) is 19.1. The Balaban J connectivity index is 1.80. The van der Waals surface area contributed by atoms with Crippen molar-refractivity contribution in [1.29, 1.82) is 0 Å². The average molecular weight is 364 g/mol. The highest BCUT2D eigenvalue weighted by Gasteiger charge is 2.16. The number of nitrogens with one attached hydrogen (secondary N) is 2. The van der Waals surface area contributed by atoms with Gasteiger partial charge in [0.2, 0.25) is 0 Å². The van der Waals surface area contributed by atoms with Gasteiger partial charge in [-0.3, -0.25) is 4.79 Å². The molecular weight excluding hydrogens is 336 g/mol. The molecule has 0 saturated heterocycles. The summed E-state index contributed by atoms with van der Waals surface area (Å²) in [5, 5.41) is 3.99. The van der Waals surface area contributed by atoms with Gasteiger partial charge in [0.05, 0.1) is 0 Å². The molecule has 1 aromatic heterocycles. The molecule has 0 radical (unpaired) electrons. The zero-order valence-corrected chi connectivity index (χ0v) is 16.0. The van der Waals surface area contributed by atoms with Gasteiger partial charge in [-0.15, -0.1) is 0 Å². The standard InChI is InChI=1S/C22H28N4O/c1-14-5-7-16(8-6-14)17-9-10-20-19(12-17)15(2)21(26-20)22(27)25-13-18(24)4-3-11-23/h5-10,12,18,26H,3-4,11,13,23-24H2,1-2H3,(H,25,27)/t18-/m0/s1. The quantitative estimate of drug-likeness (QED) is 0.518. The third-order valence-corrected chi connectivity index (χ3v) is 4.97. The van der Waals surface area contributed by atoms with Crippen LogP contribution < -0.4 is 16.8 Å². The molecule has 1 heterocycles. The van der Waals surface area contributed by atoms with Crippen LogP contribution in [0.3, 0.4) is 0 Å². The van der Waals surface area contributed by atoms with E-state index in [0.717, 1.165) is 34.9 Å². The van der Waals surface area contributed by atoms with Gasteiger partial charge in [0.15, 0.2) is 0 Å². The van der Waals surface area contributed by atoms with Gasteiger partial charge in [0, 0.05) is 23.5 Å². The van der Waals surface area contributed by atoms with Crippen molar-refractivity contribution in [3.05, 3.63) is 59.3 Å². The van der Waals surface area contributed by atoms with Crippen LogP contribution in [0, 0.1) is 13.8 Å². The SMILES string of the molecule is Cc1ccc(-c2ccc3[nH]c(C(=O)NC[C@@H](N)CCCN)c(C)c3c2)cc1. The normalized spacial score (nSPS) is 12.3. The average Bonchev–Trinajstić information content (AvgIpc) is 3.01. The molecule has 0 fully saturated rings. The van der Waals surface area contributed by atoms with Crippen molar-refractivity contribution in [1.82, 2.24) is 10.3 Å². The summed E-state index contributed by atoms with van der Waals surface area (Å²) >= 11 is 0. The molecular formula is C22H28N4O. The van der Waals surface area contributed by atoms with Crippen LogP contribution in [-0.4, -0.2) is 30.0 Å². The molecule has 0 bridgehead atoms. The molecule has 0 aliphatic carbocycles. The smallest absolute Gasteiger partial charge is 0.268 e. The first-order valence-corrected chi connectivity index (χ1v) is 9.43. The minimum Gasteiger partial charge on any atom is -0.350 e. The lowest BCUT2D eigenvalue weighted by Gasteiger charge is -2.12. The van der Waals surface area contributed by atoms with Gasteiger partial charge >= 0.3 is 0 Å². The Morgan fingerprint density at radius 2 is 1.81 bits per heavy atom. The van der Waals surface area contributed by atoms with E-state index in [0.29, 0.717) is 18.8 Å². The van der Waals surface area contributed by atoms with Crippen LogP contribution in [0.5, 0.6) is 0 Å². The second kappa shape index (κ2) is 8.37. The van der Waals surface area contributed by atoms with Crippen LogP contribution in [0.1, 0.15) is 34.5 Å². The summed E-state index contributed by atoms with van der Waals surface area (Å²) < 4.78 is 0. The molecule has 1 amide bonds. The van der Waals surface area contributed by atoms with Gasteiger partial charge in [-0.1, -0.05) is 35.9 Å². The highest BCUT2D eigenvalue weighted by atomic mass is 16.1. The van der Waals surface area contributed by atoms with Gasteiger partial charge in [0.1, 0.15) is 5.69 Å². The molecule has 3 rings (SSSR count). The Morgan fingerprint density at radius 3 is 2.52 bits per heavy atom. The van der Waals surface area contributed by atoms with Gasteiger partial charge in [-0.2, -0.15) is 0 Å². The summed E-state index contributed by atoms with van der Waals surface area (Å²) in [6.07, 6.45) is 1.67. The lowest BCUT2D eigenvalue weighted by atomic mass is 10.0. The van der Waals surface area contributed by atoms with Gasteiger partial charge < -0.3 is 21.8 Å². The summed E-state index contributed by atoms with van der Waals surface area (Å²) in [7, 11) is 0. The Bertz CT molecular complexity index is 927. The fraction of sp³-hybridized carbons (Fsp3) is 0.318. The van der Waals surface area contributed by atoms with Gasteiger partial charge in [0.25, 0.3) is 5.91 Å². The zero-order chi connectivity index (χ0) is 19.4. The predicted octanol–water partition coefficient (Wildman–Crippen LogP) is 3.25. The van der Waals surface area contributed by atoms with E-state index in [9.17, 15) is 4.79 Å². The maximum atomic E-state index is 12.6. The highest BCUT2D eigenvalue weighted by molar-refractivity contribution is 6.01. The van der Waals surface area contributed by atoms with Crippen LogP contribution in [0.25, 0.3) is 22.0 Å². The molecule has 1 atom stereocenters. The topological polar surface area (TPSA) is 96.9 Å². The monoisotopic (exact) mass is 364 g/mol. The highest BCUT2D eigenvalue weighted by Crippen LogP contribution is 2.28. The van der Waals surface area contributed by atoms with Crippen molar-refractivity contribution in [2.75, 3.05) is 13.1 Å². The Kier molecular flexibility index (Phi) is 5.94. The van der Waals surface area contributed by atoms with E-state index in [1.54, 1.807) is 0 Å². The number of aryl methyl sites for hydroxylation is 2. The number of aromatic amines is 1. The van der Waals surface area contributed by atoms with E-state index < -0.39 is 0 Å². The van der Waals surface area contributed by atoms with Crippen molar-refractivity contribution in [2.45, 2.75) is 32.7 Å². The number of hydrogen-bond donors (Lipinski definition) is 4. The van der Waals surface area contributed by atoms with Crippen LogP contribution >= 0.6 is 0 Å². The van der Waals surface area contributed by atoms with Crippen molar-refractivity contribution in [3.63, 3.8) is 0 Å². The number of H-pyrrole nitrogens is 1. The number of rotatable bonds is 7. The van der Waals surface area contributed by atoms with E-state index in [2.05, 4.69) is 53.6 Å². The Labute approximate surface area is 160 Å². The summed E-state index contributed by atoms with van der Waals surface area (Å²) in [5.41, 5.74) is 17.6. The molecule has 0 aliphatic rings. The number of carbonyl (C=O) groups excluding carboxylic acids is 1. The number of aromatic nitrogens is 1. The molecule has 2 aromatic carbocycles. The summed E-state index contributed by atoms with van der Waals surface area (Å²) in [6, 6.07) is 14.6. The maximum absolute atomic E-state index is 12.6. The van der Waals surface area contributed by atoms with Crippen molar-refractivity contribution < 1.29 is 4.79 Å². The lowest BCUT2D eigenvalue weighted by molar-refractivity contribution is 0.0946. The number of carbonyl (C=O) groups is 1. The third kappa shape index (κ3) is 4.38. The van der Waals surface area contributed by atoms with Crippen molar-refractivity contribution >= 4 is 16.8 Å². The van der Waals surface area contributed by atoms with Crippen LogP contribution in [0.15, 0.2) is 42.5 Å². The zero-order valence-electron chi connectivity index (χ0n) is 16.0. The maximum Gasteiger partial charge on any atom is 0.268 e. The minimum atomic E-state index is -0.121. The van der Waals surface area contributed by atoms with Crippen LogP contribution in [0.4, 0.5) is 0 Å². The number of hydrogen-bond acceptors (Lipinski definition) is 3. The van der Waals surface area contributed by atoms with Crippen LogP contribution in [-0.2, 0) is 0 Å². The molecule has 3 aromatic rings. The molecule has 0 aliphatic heterocycles. The summed E-state index contributed by atoms with van der Waals surface area (Å²) in [4.78, 5) is 15.8. The van der Waals surface area contributed by atoms with E-state index in [-0.39, 0.29) is 11.9 Å². The van der Waals surface area contributed by atoms with E-state index >= 15 is 0 Å². The molecule has 27 heavy (non-hydrogen) atoms. The molecule has 0 unspecified atom stereocenters. The minimum absolute atomic E-state index is 0.0738. The van der Waals surface area contributed by atoms with Crippen molar-refractivity contribution in [2.24, 2.45) is 11.5 Å². The van der Waals surface area contributed by atoms with Gasteiger partial charge in [-0.05, 0) is 62.1 Å². The predicted molar refractivity (Wildman–Crippen MR) is 112 cm³/mol. The number of fused-ring (bicyclic) bond motifs is 1. The molecule has 5 heteroatoms. The number of amides is 1. The molecule has 0 spiro atoms. The van der Waals surface area contributed by atoms with E-state index in [1.807, 2.05) is 13.0 Å². The number of nitrogens with two attached hydrogens (primary N) is 2. The summed E-state index contributed by atoms with van der Waals surface area (Å²) in [6.45, 7) is 5.12. The van der Waals surface area contributed by atoms with Crippen LogP contribution in [0.2, 0.25) is 0 Å². The molecule has 6 N–H and O–H groups in total. The first-order valence-electron chi connectivity index (χ1n) is 9.43. The second-order valence-electron chi connectivity index (χ2n) is 7.15. The molecule has 0 saturated carbocycles. The van der Waals surface area contributed by atoms with Gasteiger partial charge in [-0.25, -0.2) is 0 Å². The fourth-order valence-electron chi connectivity index (χ4n) is 3.27. The third-order valence-electron chi connectivity index (χ3n) is 4.97. The van der Waals surface area contributed by atoms with E-state index in [1.165, 1.54) is 11.1 Å². The second-order valence-corrected chi connectivity index (χ2v) is 7.15. The first-order chi connectivity index (χ1) is 13.0. The Hall–Kier alpha value is -2.63. The molecule has 5 nitrogen and oxygen atoms in total. The van der Waals surface area contributed by atoms with E-state index in [4.69, 9.17) is 11.5 Å². The Morgan fingerprint density at radius 1 is 1.11 bits per heavy atom.